The molecule has 2 rings (SSSR count). The molecule has 9 heteroatoms. The normalized spacial score (nSPS) is 10.6. The first kappa shape index (κ1) is 21.6. The van der Waals surface area contributed by atoms with Gasteiger partial charge in [0.25, 0.3) is 0 Å². The fourth-order valence-corrected chi connectivity index (χ4v) is 2.44. The van der Waals surface area contributed by atoms with Crippen molar-refractivity contribution >= 4 is 47.2 Å². The molecule has 0 saturated carbocycles. The Morgan fingerprint density at radius 1 is 1.39 bits per heavy atom. The quantitative estimate of drug-likeness (QED) is 0.407. The summed E-state index contributed by atoms with van der Waals surface area (Å²) >= 11 is 1.44. The molecule has 0 saturated heterocycles. The smallest absolute Gasteiger partial charge is 0.212 e. The molecule has 1 aromatic heterocycles. The number of hydrogen-bond acceptors (Lipinski definition) is 5. The van der Waals surface area contributed by atoms with E-state index in [9.17, 15) is 0 Å². The van der Waals surface area contributed by atoms with Crippen molar-refractivity contribution in [2.75, 3.05) is 20.3 Å². The molecule has 1 heterocycles. The summed E-state index contributed by atoms with van der Waals surface area (Å²) < 4.78 is 4.93. The minimum Gasteiger partial charge on any atom is -0.383 e. The van der Waals surface area contributed by atoms with Gasteiger partial charge >= 0.3 is 0 Å². The first-order valence-corrected chi connectivity index (χ1v) is 7.42. The van der Waals surface area contributed by atoms with Crippen LogP contribution in [0.2, 0.25) is 0 Å². The van der Waals surface area contributed by atoms with Crippen LogP contribution in [0.5, 0.6) is 0 Å². The Hall–Kier alpha value is -1.38. The van der Waals surface area contributed by atoms with Gasteiger partial charge in [-0.3, -0.25) is 0 Å². The molecular weight excluding hydrogens is 357 g/mol. The predicted molar refractivity (Wildman–Crippen MR) is 101 cm³/mol. The van der Waals surface area contributed by atoms with E-state index in [0.717, 1.165) is 16.8 Å². The molecule has 23 heavy (non-hydrogen) atoms. The first-order valence-electron chi connectivity index (χ1n) is 6.55. The molecule has 0 bridgehead atoms. The van der Waals surface area contributed by atoms with Crippen molar-refractivity contribution in [3.8, 4) is 11.3 Å². The van der Waals surface area contributed by atoms with Crippen LogP contribution in [0.15, 0.2) is 34.6 Å². The minimum absolute atomic E-state index is 0. The number of aliphatic imine (C=N–C) groups is 1. The van der Waals surface area contributed by atoms with Crippen molar-refractivity contribution in [1.82, 2.24) is 10.3 Å². The number of thiazole rings is 1. The third-order valence-electron chi connectivity index (χ3n) is 2.78. The summed E-state index contributed by atoms with van der Waals surface area (Å²) in [6, 6.07) is 8.00. The van der Waals surface area contributed by atoms with Crippen molar-refractivity contribution in [2.24, 2.45) is 16.5 Å². The van der Waals surface area contributed by atoms with Crippen molar-refractivity contribution in [3.63, 3.8) is 0 Å². The molecule has 6 nitrogen and oxygen atoms in total. The average Bonchev–Trinajstić information content (AvgIpc) is 2.96. The number of nitrogens with one attached hydrogen (secondary N) is 1. The number of nitrogens with two attached hydrogens (primary N) is 2. The molecule has 2 aromatic rings. The molecule has 0 radical (unpaired) electrons. The summed E-state index contributed by atoms with van der Waals surface area (Å²) in [7, 11) is 1.64. The van der Waals surface area contributed by atoms with Gasteiger partial charge < -0.3 is 21.5 Å². The highest BCUT2D eigenvalue weighted by atomic mass is 35.5. The fourth-order valence-electron chi connectivity index (χ4n) is 1.73. The van der Waals surface area contributed by atoms with Gasteiger partial charge in [0, 0.05) is 31.1 Å². The van der Waals surface area contributed by atoms with Crippen LogP contribution in [0, 0.1) is 0 Å². The van der Waals surface area contributed by atoms with E-state index in [-0.39, 0.29) is 24.8 Å². The average molecular weight is 378 g/mol. The van der Waals surface area contributed by atoms with Gasteiger partial charge in [0.05, 0.1) is 12.3 Å². The number of hydrogen-bond donors (Lipinski definition) is 3. The summed E-state index contributed by atoms with van der Waals surface area (Å²) in [6.45, 7) is 1.70. The van der Waals surface area contributed by atoms with Gasteiger partial charge in [-0.05, 0) is 11.6 Å². The Kier molecular flexibility index (Phi) is 10.5. The highest BCUT2D eigenvalue weighted by molar-refractivity contribution is 7.13. The molecule has 0 fully saturated rings. The van der Waals surface area contributed by atoms with Crippen LogP contribution < -0.4 is 16.8 Å². The summed E-state index contributed by atoms with van der Waals surface area (Å²) in [5.74, 6) is 0.337. The largest absolute Gasteiger partial charge is 0.383 e. The van der Waals surface area contributed by atoms with Crippen molar-refractivity contribution in [3.05, 3.63) is 35.2 Å². The Morgan fingerprint density at radius 2 is 2.17 bits per heavy atom. The zero-order valence-corrected chi connectivity index (χ0v) is 15.1. The second-order valence-corrected chi connectivity index (χ2v) is 5.17. The molecule has 0 aliphatic heterocycles. The highest BCUT2D eigenvalue weighted by Crippen LogP contribution is 2.27. The van der Waals surface area contributed by atoms with E-state index in [0.29, 0.717) is 30.8 Å². The Morgan fingerprint density at radius 3 is 2.87 bits per heavy atom. The van der Waals surface area contributed by atoms with Crippen molar-refractivity contribution in [2.45, 2.75) is 6.54 Å². The standard InChI is InChI=1S/C14H19N5OS.2ClH/c1-20-6-5-17-13(16)19-14-18-12(9-21-14)11-4-2-3-10(7-11)8-15;;/h2-4,7,9H,5-6,8,15H2,1H3,(H3,16,17,18,19);2*1H. The molecule has 1 aromatic carbocycles. The van der Waals surface area contributed by atoms with Crippen LogP contribution in [0.25, 0.3) is 11.3 Å². The van der Waals surface area contributed by atoms with E-state index in [1.807, 2.05) is 29.6 Å². The second-order valence-electron chi connectivity index (χ2n) is 4.34. The number of aromatic nitrogens is 1. The molecule has 0 atom stereocenters. The van der Waals surface area contributed by atoms with Crippen LogP contribution in [0.3, 0.4) is 0 Å². The third-order valence-corrected chi connectivity index (χ3v) is 3.51. The molecule has 0 aliphatic rings. The topological polar surface area (TPSA) is 98.5 Å². The maximum atomic E-state index is 5.77. The van der Waals surface area contributed by atoms with Crippen molar-refractivity contribution in [1.29, 1.82) is 0 Å². The monoisotopic (exact) mass is 377 g/mol. The van der Waals surface area contributed by atoms with E-state index >= 15 is 0 Å². The van der Waals surface area contributed by atoms with Crippen LogP contribution in [0.4, 0.5) is 5.13 Å². The number of halogens is 2. The van der Waals surface area contributed by atoms with E-state index in [4.69, 9.17) is 16.2 Å². The third kappa shape index (κ3) is 6.72. The lowest BCUT2D eigenvalue weighted by molar-refractivity contribution is 0.204. The molecule has 0 spiro atoms. The summed E-state index contributed by atoms with van der Waals surface area (Å²) in [5, 5.41) is 5.52. The van der Waals surface area contributed by atoms with Gasteiger partial charge in [0.1, 0.15) is 0 Å². The number of benzene rings is 1. The lowest BCUT2D eigenvalue weighted by Crippen LogP contribution is -2.33. The number of ether oxygens (including phenoxy) is 1. The van der Waals surface area contributed by atoms with E-state index in [1.165, 1.54) is 11.3 Å². The molecule has 0 amide bonds. The second kappa shape index (κ2) is 11.2. The molecule has 5 N–H and O–H groups in total. The zero-order valence-electron chi connectivity index (χ0n) is 12.7. The molecular formula is C14H21Cl2N5OS. The van der Waals surface area contributed by atoms with Crippen molar-refractivity contribution < 1.29 is 4.74 Å². The van der Waals surface area contributed by atoms with Gasteiger partial charge in [-0.25, -0.2) is 4.98 Å². The van der Waals surface area contributed by atoms with Crippen LogP contribution in [-0.4, -0.2) is 31.2 Å². The van der Waals surface area contributed by atoms with Gasteiger partial charge in [-0.2, -0.15) is 4.99 Å². The molecule has 128 valence electrons. The Balaban J connectivity index is 0.00000242. The van der Waals surface area contributed by atoms with Gasteiger partial charge in [0.15, 0.2) is 5.96 Å². The summed E-state index contributed by atoms with van der Waals surface area (Å²) in [4.78, 5) is 8.69. The van der Waals surface area contributed by atoms with E-state index < -0.39 is 0 Å². The highest BCUT2D eigenvalue weighted by Gasteiger charge is 2.05. The van der Waals surface area contributed by atoms with Gasteiger partial charge in [0.2, 0.25) is 5.13 Å². The predicted octanol–water partition coefficient (Wildman–Crippen LogP) is 2.29. The van der Waals surface area contributed by atoms with E-state index in [2.05, 4.69) is 15.3 Å². The minimum atomic E-state index is 0. The van der Waals surface area contributed by atoms with Crippen LogP contribution in [0.1, 0.15) is 5.56 Å². The molecule has 0 aliphatic carbocycles. The maximum absolute atomic E-state index is 5.77. The Labute approximate surface area is 152 Å². The SMILES string of the molecule is COCCN/C(N)=N/c1nc(-c2cccc(CN)c2)cs1.Cl.Cl. The van der Waals surface area contributed by atoms with Crippen LogP contribution in [-0.2, 0) is 11.3 Å². The lowest BCUT2D eigenvalue weighted by atomic mass is 10.1. The van der Waals surface area contributed by atoms with Gasteiger partial charge in [-0.1, -0.05) is 18.2 Å². The first-order chi connectivity index (χ1) is 10.2. The number of rotatable bonds is 6. The van der Waals surface area contributed by atoms with Gasteiger partial charge in [-0.15, -0.1) is 36.2 Å². The molecule has 0 unspecified atom stereocenters. The number of methoxy groups -OCH3 is 1. The van der Waals surface area contributed by atoms with Crippen LogP contribution >= 0.6 is 36.2 Å². The number of guanidine groups is 1. The zero-order chi connectivity index (χ0) is 15.1. The summed E-state index contributed by atoms with van der Waals surface area (Å²) in [6.07, 6.45) is 0. The summed E-state index contributed by atoms with van der Waals surface area (Å²) in [5.41, 5.74) is 14.4. The maximum Gasteiger partial charge on any atom is 0.212 e. The Bertz CT molecular complexity index is 621. The van der Waals surface area contributed by atoms with E-state index in [1.54, 1.807) is 7.11 Å². The fraction of sp³-hybridized carbons (Fsp3) is 0.286. The lowest BCUT2D eigenvalue weighted by Gasteiger charge is -2.02. The number of nitrogens with zero attached hydrogens (tertiary/aromatic N) is 2.